The molecule has 0 aromatic carbocycles. The van der Waals surface area contributed by atoms with E-state index in [-0.39, 0.29) is 12.1 Å². The van der Waals surface area contributed by atoms with E-state index in [1.165, 1.54) is 0 Å². The Morgan fingerprint density at radius 2 is 2.46 bits per heavy atom. The maximum atomic E-state index is 11.3. The first kappa shape index (κ1) is 10.3. The summed E-state index contributed by atoms with van der Waals surface area (Å²) in [4.78, 5) is 13.0. The molecule has 1 heterocycles. The summed E-state index contributed by atoms with van der Waals surface area (Å²) in [7, 11) is 0. The second kappa shape index (κ2) is 5.07. The minimum atomic E-state index is -0.207. The summed E-state index contributed by atoms with van der Waals surface area (Å²) >= 11 is 0. The van der Waals surface area contributed by atoms with Crippen molar-refractivity contribution in [2.75, 3.05) is 19.7 Å². The van der Waals surface area contributed by atoms with E-state index in [4.69, 9.17) is 10.5 Å². The number of hydrogen-bond acceptors (Lipinski definition) is 3. The molecular formula is C9H18N2O2. The van der Waals surface area contributed by atoms with Gasteiger partial charge < -0.3 is 15.4 Å². The molecule has 1 fully saturated rings. The zero-order chi connectivity index (χ0) is 9.68. The Morgan fingerprint density at radius 1 is 1.69 bits per heavy atom. The molecule has 0 unspecified atom stereocenters. The average Bonchev–Trinajstić information content (AvgIpc) is 2.52. The molecule has 0 aromatic heterocycles. The van der Waals surface area contributed by atoms with Gasteiger partial charge in [-0.15, -0.1) is 0 Å². The summed E-state index contributed by atoms with van der Waals surface area (Å²) in [6.07, 6.45) is 2.67. The van der Waals surface area contributed by atoms with Crippen LogP contribution in [-0.4, -0.2) is 36.7 Å². The fourth-order valence-corrected chi connectivity index (χ4v) is 1.35. The molecule has 4 heteroatoms. The molecule has 0 aromatic rings. The maximum absolute atomic E-state index is 11.3. The van der Waals surface area contributed by atoms with Gasteiger partial charge in [-0.05, 0) is 12.8 Å². The molecule has 1 amide bonds. The fraction of sp³-hybridized carbons (Fsp3) is 0.889. The van der Waals surface area contributed by atoms with Gasteiger partial charge in [0.1, 0.15) is 0 Å². The fourth-order valence-electron chi connectivity index (χ4n) is 1.35. The summed E-state index contributed by atoms with van der Waals surface area (Å²) in [5, 5.41) is 0. The predicted molar refractivity (Wildman–Crippen MR) is 50.4 cm³/mol. The number of carbonyl (C=O) groups is 1. The van der Waals surface area contributed by atoms with Crippen molar-refractivity contribution in [1.29, 1.82) is 0 Å². The van der Waals surface area contributed by atoms with E-state index >= 15 is 0 Å². The molecule has 0 bridgehead atoms. The van der Waals surface area contributed by atoms with Crippen LogP contribution >= 0.6 is 0 Å². The lowest BCUT2D eigenvalue weighted by molar-refractivity contribution is 0.109. The van der Waals surface area contributed by atoms with Gasteiger partial charge in [-0.3, -0.25) is 0 Å². The van der Waals surface area contributed by atoms with Crippen molar-refractivity contribution >= 4 is 6.09 Å². The standard InChI is InChI=1S/C9H18N2O2/c1-2-3-6-13-9(12)11-5-4-8(10)7-11/h8H,2-7,10H2,1H3/t8-/m1/s1. The number of nitrogens with two attached hydrogens (primary N) is 1. The molecule has 1 aliphatic heterocycles. The van der Waals surface area contributed by atoms with E-state index in [0.29, 0.717) is 13.2 Å². The van der Waals surface area contributed by atoms with Gasteiger partial charge in [-0.1, -0.05) is 13.3 Å². The number of ether oxygens (including phenoxy) is 1. The van der Waals surface area contributed by atoms with E-state index in [2.05, 4.69) is 6.92 Å². The molecule has 4 nitrogen and oxygen atoms in total. The zero-order valence-corrected chi connectivity index (χ0v) is 8.16. The minimum absolute atomic E-state index is 0.138. The molecule has 0 saturated carbocycles. The van der Waals surface area contributed by atoms with Crippen LogP contribution in [0.25, 0.3) is 0 Å². The molecule has 0 radical (unpaired) electrons. The quantitative estimate of drug-likeness (QED) is 0.668. The monoisotopic (exact) mass is 186 g/mol. The summed E-state index contributed by atoms with van der Waals surface area (Å²) in [5.74, 6) is 0. The van der Waals surface area contributed by atoms with Crippen LogP contribution in [0.4, 0.5) is 4.79 Å². The van der Waals surface area contributed by atoms with Crippen molar-refractivity contribution in [3.8, 4) is 0 Å². The molecule has 2 N–H and O–H groups in total. The Bertz CT molecular complexity index is 173. The highest BCUT2D eigenvalue weighted by Crippen LogP contribution is 2.08. The first-order valence-electron chi connectivity index (χ1n) is 4.91. The van der Waals surface area contributed by atoms with Crippen LogP contribution < -0.4 is 5.73 Å². The SMILES string of the molecule is CCCCOC(=O)N1CC[C@@H](N)C1. The third-order valence-electron chi connectivity index (χ3n) is 2.21. The first-order valence-corrected chi connectivity index (χ1v) is 4.91. The van der Waals surface area contributed by atoms with Crippen LogP contribution in [0.3, 0.4) is 0 Å². The normalized spacial score (nSPS) is 22.0. The van der Waals surface area contributed by atoms with E-state index in [1.807, 2.05) is 0 Å². The van der Waals surface area contributed by atoms with Gasteiger partial charge in [0.2, 0.25) is 0 Å². The number of hydrogen-bond donors (Lipinski definition) is 1. The topological polar surface area (TPSA) is 55.6 Å². The van der Waals surface area contributed by atoms with Crippen molar-refractivity contribution in [2.45, 2.75) is 32.2 Å². The minimum Gasteiger partial charge on any atom is -0.449 e. The molecule has 13 heavy (non-hydrogen) atoms. The number of carbonyl (C=O) groups excluding carboxylic acids is 1. The molecule has 1 saturated heterocycles. The lowest BCUT2D eigenvalue weighted by Gasteiger charge is -2.15. The van der Waals surface area contributed by atoms with Gasteiger partial charge in [-0.25, -0.2) is 4.79 Å². The Morgan fingerprint density at radius 3 is 3.00 bits per heavy atom. The van der Waals surface area contributed by atoms with Crippen LogP contribution in [0.15, 0.2) is 0 Å². The van der Waals surface area contributed by atoms with Crippen molar-refractivity contribution in [3.05, 3.63) is 0 Å². The Labute approximate surface area is 79.0 Å². The number of likely N-dealkylation sites (tertiary alicyclic amines) is 1. The zero-order valence-electron chi connectivity index (χ0n) is 8.16. The lowest BCUT2D eigenvalue weighted by atomic mass is 10.3. The Hall–Kier alpha value is -0.770. The van der Waals surface area contributed by atoms with E-state index in [9.17, 15) is 4.79 Å². The molecule has 0 aliphatic carbocycles. The largest absolute Gasteiger partial charge is 0.449 e. The number of rotatable bonds is 3. The molecule has 1 atom stereocenters. The number of amides is 1. The summed E-state index contributed by atoms with van der Waals surface area (Å²) in [6.45, 7) is 3.98. The van der Waals surface area contributed by atoms with Crippen molar-refractivity contribution in [1.82, 2.24) is 4.90 Å². The number of unbranched alkanes of at least 4 members (excludes halogenated alkanes) is 1. The van der Waals surface area contributed by atoms with Gasteiger partial charge >= 0.3 is 6.09 Å². The smallest absolute Gasteiger partial charge is 0.409 e. The lowest BCUT2D eigenvalue weighted by Crippen LogP contribution is -2.32. The maximum Gasteiger partial charge on any atom is 0.409 e. The summed E-state index contributed by atoms with van der Waals surface area (Å²) in [6, 6.07) is 0.138. The van der Waals surface area contributed by atoms with E-state index in [1.54, 1.807) is 4.90 Å². The third kappa shape index (κ3) is 3.22. The summed E-state index contributed by atoms with van der Waals surface area (Å²) in [5.41, 5.74) is 5.67. The second-order valence-corrected chi connectivity index (χ2v) is 3.46. The molecule has 76 valence electrons. The van der Waals surface area contributed by atoms with E-state index in [0.717, 1.165) is 25.8 Å². The van der Waals surface area contributed by atoms with Gasteiger partial charge in [0, 0.05) is 19.1 Å². The second-order valence-electron chi connectivity index (χ2n) is 3.46. The molecule has 0 spiro atoms. The van der Waals surface area contributed by atoms with Crippen LogP contribution in [0, 0.1) is 0 Å². The van der Waals surface area contributed by atoms with Crippen molar-refractivity contribution < 1.29 is 9.53 Å². The highest BCUT2D eigenvalue weighted by atomic mass is 16.6. The Kier molecular flexibility index (Phi) is 4.02. The van der Waals surface area contributed by atoms with Crippen LogP contribution in [0.1, 0.15) is 26.2 Å². The Balaban J connectivity index is 2.16. The highest BCUT2D eigenvalue weighted by molar-refractivity contribution is 5.68. The van der Waals surface area contributed by atoms with Crippen LogP contribution in [-0.2, 0) is 4.74 Å². The third-order valence-corrected chi connectivity index (χ3v) is 2.21. The van der Waals surface area contributed by atoms with Gasteiger partial charge in [0.05, 0.1) is 6.61 Å². The highest BCUT2D eigenvalue weighted by Gasteiger charge is 2.24. The van der Waals surface area contributed by atoms with Crippen LogP contribution in [0.2, 0.25) is 0 Å². The average molecular weight is 186 g/mol. The first-order chi connectivity index (χ1) is 6.24. The van der Waals surface area contributed by atoms with Crippen molar-refractivity contribution in [2.24, 2.45) is 5.73 Å². The van der Waals surface area contributed by atoms with Gasteiger partial charge in [0.25, 0.3) is 0 Å². The summed E-state index contributed by atoms with van der Waals surface area (Å²) < 4.78 is 5.05. The van der Waals surface area contributed by atoms with Gasteiger partial charge in [0.15, 0.2) is 0 Å². The predicted octanol–water partition coefficient (Wildman–Crippen LogP) is 0.956. The van der Waals surface area contributed by atoms with E-state index < -0.39 is 0 Å². The van der Waals surface area contributed by atoms with Crippen LogP contribution in [0.5, 0.6) is 0 Å². The molecule has 1 aliphatic rings. The molecular weight excluding hydrogens is 168 g/mol. The van der Waals surface area contributed by atoms with Gasteiger partial charge in [-0.2, -0.15) is 0 Å². The number of nitrogens with zero attached hydrogens (tertiary/aromatic N) is 1. The van der Waals surface area contributed by atoms with Crippen molar-refractivity contribution in [3.63, 3.8) is 0 Å². The molecule has 1 rings (SSSR count).